The summed E-state index contributed by atoms with van der Waals surface area (Å²) in [6, 6.07) is 20.9. The maximum absolute atomic E-state index is 13.5. The van der Waals surface area contributed by atoms with E-state index in [1.54, 1.807) is 17.0 Å². The van der Waals surface area contributed by atoms with Crippen LogP contribution in [-0.2, 0) is 21.2 Å². The van der Waals surface area contributed by atoms with Crippen LogP contribution in [0.1, 0.15) is 17.5 Å². The Labute approximate surface area is 187 Å². The molecule has 160 valence electrons. The molecule has 0 saturated carbocycles. The minimum atomic E-state index is -3.97. The SMILES string of the molecule is Cc1ccc(N(CC(=O)N2CCCc3ccccc32)S(=O)(=O)c2ccc(Cl)cc2)cc1. The zero-order chi connectivity index (χ0) is 22.0. The third-order valence-corrected chi connectivity index (χ3v) is 7.45. The predicted octanol–water partition coefficient (Wildman–Crippen LogP) is 4.82. The Hall–Kier alpha value is -2.83. The van der Waals surface area contributed by atoms with E-state index < -0.39 is 10.0 Å². The van der Waals surface area contributed by atoms with Gasteiger partial charge in [0.15, 0.2) is 0 Å². The van der Waals surface area contributed by atoms with Gasteiger partial charge in [0.2, 0.25) is 5.91 Å². The molecule has 0 saturated heterocycles. The number of halogens is 1. The first-order valence-corrected chi connectivity index (χ1v) is 11.9. The summed E-state index contributed by atoms with van der Waals surface area (Å²) in [6.07, 6.45) is 1.75. The molecule has 0 bridgehead atoms. The number of carbonyl (C=O) groups excluding carboxylic acids is 1. The van der Waals surface area contributed by atoms with Gasteiger partial charge in [0.05, 0.1) is 10.6 Å². The van der Waals surface area contributed by atoms with Crippen LogP contribution < -0.4 is 9.21 Å². The molecular weight excluding hydrogens is 432 g/mol. The number of hydrogen-bond acceptors (Lipinski definition) is 3. The first kappa shape index (κ1) is 21.4. The van der Waals surface area contributed by atoms with Crippen LogP contribution in [0.15, 0.2) is 77.7 Å². The number of nitrogens with zero attached hydrogens (tertiary/aromatic N) is 2. The number of aryl methyl sites for hydroxylation is 2. The Morgan fingerprint density at radius 2 is 1.68 bits per heavy atom. The van der Waals surface area contributed by atoms with Crippen LogP contribution in [0.5, 0.6) is 0 Å². The van der Waals surface area contributed by atoms with Gasteiger partial charge in [-0.05, 0) is 67.8 Å². The highest BCUT2D eigenvalue weighted by atomic mass is 35.5. The summed E-state index contributed by atoms with van der Waals surface area (Å²) < 4.78 is 28.2. The number of hydrogen-bond donors (Lipinski definition) is 0. The maximum Gasteiger partial charge on any atom is 0.264 e. The minimum Gasteiger partial charge on any atom is -0.311 e. The van der Waals surface area contributed by atoms with Crippen molar-refractivity contribution in [2.75, 3.05) is 22.3 Å². The third kappa shape index (κ3) is 4.45. The van der Waals surface area contributed by atoms with Crippen LogP contribution in [0.3, 0.4) is 0 Å². The molecule has 0 unspecified atom stereocenters. The first-order chi connectivity index (χ1) is 14.9. The lowest BCUT2D eigenvalue weighted by atomic mass is 10.0. The van der Waals surface area contributed by atoms with Crippen LogP contribution in [0, 0.1) is 6.92 Å². The zero-order valence-electron chi connectivity index (χ0n) is 17.2. The smallest absolute Gasteiger partial charge is 0.264 e. The van der Waals surface area contributed by atoms with Gasteiger partial charge in [-0.2, -0.15) is 0 Å². The van der Waals surface area contributed by atoms with Crippen LogP contribution in [-0.4, -0.2) is 27.4 Å². The van der Waals surface area contributed by atoms with E-state index in [9.17, 15) is 13.2 Å². The molecule has 0 aliphatic carbocycles. The molecule has 0 N–H and O–H groups in total. The highest BCUT2D eigenvalue weighted by Crippen LogP contribution is 2.29. The number of anilines is 2. The largest absolute Gasteiger partial charge is 0.311 e. The number of benzene rings is 3. The second kappa shape index (κ2) is 8.73. The van der Waals surface area contributed by atoms with Crippen molar-refractivity contribution in [1.29, 1.82) is 0 Å². The van der Waals surface area contributed by atoms with Crippen molar-refractivity contribution in [3.05, 3.63) is 88.9 Å². The van der Waals surface area contributed by atoms with E-state index in [0.29, 0.717) is 17.3 Å². The van der Waals surface area contributed by atoms with E-state index >= 15 is 0 Å². The number of carbonyl (C=O) groups is 1. The van der Waals surface area contributed by atoms with Gasteiger partial charge in [0.1, 0.15) is 6.54 Å². The second-order valence-electron chi connectivity index (χ2n) is 7.58. The van der Waals surface area contributed by atoms with E-state index in [1.807, 2.05) is 43.3 Å². The summed E-state index contributed by atoms with van der Waals surface area (Å²) in [5.74, 6) is -0.259. The quantitative estimate of drug-likeness (QED) is 0.555. The summed E-state index contributed by atoms with van der Waals surface area (Å²) in [5.41, 5.74) is 3.40. The van der Waals surface area contributed by atoms with Crippen LogP contribution in [0.4, 0.5) is 11.4 Å². The normalized spacial score (nSPS) is 13.5. The summed E-state index contributed by atoms with van der Waals surface area (Å²) in [4.78, 5) is 15.1. The molecule has 0 radical (unpaired) electrons. The number of sulfonamides is 1. The topological polar surface area (TPSA) is 57.7 Å². The molecule has 0 aromatic heterocycles. The number of fused-ring (bicyclic) bond motifs is 1. The lowest BCUT2D eigenvalue weighted by Crippen LogP contribution is -2.45. The van der Waals surface area contributed by atoms with Crippen molar-refractivity contribution < 1.29 is 13.2 Å². The van der Waals surface area contributed by atoms with Gasteiger partial charge in [0, 0.05) is 17.3 Å². The van der Waals surface area contributed by atoms with Crippen molar-refractivity contribution in [1.82, 2.24) is 0 Å². The molecule has 0 atom stereocenters. The van der Waals surface area contributed by atoms with E-state index in [-0.39, 0.29) is 17.3 Å². The Kier molecular flexibility index (Phi) is 6.03. The van der Waals surface area contributed by atoms with Crippen LogP contribution in [0.25, 0.3) is 0 Å². The van der Waals surface area contributed by atoms with Gasteiger partial charge in [0.25, 0.3) is 10.0 Å². The van der Waals surface area contributed by atoms with Crippen molar-refractivity contribution in [3.63, 3.8) is 0 Å². The zero-order valence-corrected chi connectivity index (χ0v) is 18.7. The van der Waals surface area contributed by atoms with E-state index in [2.05, 4.69) is 0 Å². The molecule has 1 amide bonds. The van der Waals surface area contributed by atoms with Crippen molar-refractivity contribution in [3.8, 4) is 0 Å². The number of rotatable bonds is 5. The van der Waals surface area contributed by atoms with Crippen LogP contribution in [0.2, 0.25) is 5.02 Å². The predicted molar refractivity (Wildman–Crippen MR) is 124 cm³/mol. The molecule has 0 spiro atoms. The molecule has 3 aromatic carbocycles. The molecule has 31 heavy (non-hydrogen) atoms. The van der Waals surface area contributed by atoms with Crippen LogP contribution >= 0.6 is 11.6 Å². The standard InChI is InChI=1S/C24H23ClN2O3S/c1-18-8-12-21(13-9-18)27(31(29,30)22-14-10-20(25)11-15-22)17-24(28)26-16-4-6-19-5-2-3-7-23(19)26/h2-3,5,7-15H,4,6,16-17H2,1H3. The average molecular weight is 455 g/mol. The van der Waals surface area contributed by atoms with Gasteiger partial charge >= 0.3 is 0 Å². The Bertz CT molecular complexity index is 1190. The van der Waals surface area contributed by atoms with Crippen molar-refractivity contribution in [2.45, 2.75) is 24.7 Å². The summed E-state index contributed by atoms with van der Waals surface area (Å²) >= 11 is 5.94. The molecule has 5 nitrogen and oxygen atoms in total. The van der Waals surface area contributed by atoms with Gasteiger partial charge < -0.3 is 4.90 Å². The number of para-hydroxylation sites is 1. The lowest BCUT2D eigenvalue weighted by molar-refractivity contribution is -0.117. The first-order valence-electron chi connectivity index (χ1n) is 10.1. The lowest BCUT2D eigenvalue weighted by Gasteiger charge is -2.32. The Balaban J connectivity index is 1.71. The summed E-state index contributed by atoms with van der Waals surface area (Å²) in [7, 11) is -3.97. The van der Waals surface area contributed by atoms with Crippen molar-refractivity contribution >= 4 is 38.9 Å². The van der Waals surface area contributed by atoms with Gasteiger partial charge in [-0.15, -0.1) is 0 Å². The molecule has 1 aliphatic heterocycles. The Morgan fingerprint density at radius 1 is 1.00 bits per heavy atom. The monoisotopic (exact) mass is 454 g/mol. The fraction of sp³-hybridized carbons (Fsp3) is 0.208. The van der Waals surface area contributed by atoms with E-state index in [1.165, 1.54) is 28.6 Å². The van der Waals surface area contributed by atoms with E-state index in [4.69, 9.17) is 11.6 Å². The van der Waals surface area contributed by atoms with E-state index in [0.717, 1.165) is 29.7 Å². The maximum atomic E-state index is 13.5. The fourth-order valence-corrected chi connectivity index (χ4v) is 5.30. The number of amides is 1. The van der Waals surface area contributed by atoms with Gasteiger partial charge in [-0.1, -0.05) is 47.5 Å². The molecule has 0 fully saturated rings. The molecular formula is C24H23ClN2O3S. The Morgan fingerprint density at radius 3 is 2.39 bits per heavy atom. The molecule has 1 aliphatic rings. The minimum absolute atomic E-state index is 0.0873. The average Bonchev–Trinajstić information content (AvgIpc) is 2.78. The molecule has 3 aromatic rings. The van der Waals surface area contributed by atoms with Gasteiger partial charge in [-0.3, -0.25) is 9.10 Å². The molecule has 7 heteroatoms. The second-order valence-corrected chi connectivity index (χ2v) is 9.88. The highest BCUT2D eigenvalue weighted by molar-refractivity contribution is 7.92. The fourth-order valence-electron chi connectivity index (χ4n) is 3.76. The van der Waals surface area contributed by atoms with Crippen molar-refractivity contribution in [2.24, 2.45) is 0 Å². The highest BCUT2D eigenvalue weighted by Gasteiger charge is 2.30. The van der Waals surface area contributed by atoms with Gasteiger partial charge in [-0.25, -0.2) is 8.42 Å². The molecule has 4 rings (SSSR count). The summed E-state index contributed by atoms with van der Waals surface area (Å²) in [6.45, 7) is 2.21. The molecule has 1 heterocycles. The summed E-state index contributed by atoms with van der Waals surface area (Å²) in [5, 5.41) is 0.446. The third-order valence-electron chi connectivity index (χ3n) is 5.41.